The van der Waals surface area contributed by atoms with Crippen molar-refractivity contribution in [3.8, 4) is 0 Å². The van der Waals surface area contributed by atoms with Crippen LogP contribution in [0.4, 0.5) is 8.78 Å². The van der Waals surface area contributed by atoms with Gasteiger partial charge in [-0.25, -0.2) is 0 Å². The van der Waals surface area contributed by atoms with E-state index in [1.54, 1.807) is 22.6 Å². The van der Waals surface area contributed by atoms with Gasteiger partial charge in [0.15, 0.2) is 0 Å². The summed E-state index contributed by atoms with van der Waals surface area (Å²) in [5.74, 6) is 0. The van der Waals surface area contributed by atoms with Gasteiger partial charge in [-0.2, -0.15) is 8.78 Å². The Labute approximate surface area is 48.4 Å². The van der Waals surface area contributed by atoms with Crippen molar-refractivity contribution >= 4 is 22.6 Å². The highest BCUT2D eigenvalue weighted by Gasteiger charge is 1.89. The predicted molar refractivity (Wildman–Crippen MR) is 28.9 cm³/mol. The summed E-state index contributed by atoms with van der Waals surface area (Å²) in [5.41, 5.74) is 0. The molecule has 0 heterocycles. The van der Waals surface area contributed by atoms with Crippen molar-refractivity contribution in [3.63, 3.8) is 0 Å². The molecule has 0 amide bonds. The molecule has 0 atom stereocenters. The SMILES string of the molecule is CC(I)=C(F)F. The largest absolute Gasteiger partial charge is 0.279 e. The molecule has 0 fully saturated rings. The molecule has 0 aliphatic rings. The van der Waals surface area contributed by atoms with Crippen LogP contribution in [0.1, 0.15) is 6.92 Å². The highest BCUT2D eigenvalue weighted by molar-refractivity contribution is 14.1. The summed E-state index contributed by atoms with van der Waals surface area (Å²) in [5, 5.41) is 0. The summed E-state index contributed by atoms with van der Waals surface area (Å²) in [6, 6.07) is 0. The van der Waals surface area contributed by atoms with Gasteiger partial charge >= 0.3 is 0 Å². The average molecular weight is 204 g/mol. The molecule has 0 aliphatic carbocycles. The minimum atomic E-state index is -1.59. The summed E-state index contributed by atoms with van der Waals surface area (Å²) in [6.45, 7) is 1.36. The minimum absolute atomic E-state index is 0.0626. The van der Waals surface area contributed by atoms with Crippen LogP contribution >= 0.6 is 22.6 Å². The lowest BCUT2D eigenvalue weighted by Crippen LogP contribution is -1.56. The second-order valence-corrected chi connectivity index (χ2v) is 2.41. The third-order valence-corrected chi connectivity index (χ3v) is 0.668. The molecule has 0 aromatic carbocycles. The fourth-order valence-corrected chi connectivity index (χ4v) is 0. The Bertz CT molecular complexity index is 58.9. The number of hydrogen-bond donors (Lipinski definition) is 0. The Morgan fingerprint density at radius 2 is 1.67 bits per heavy atom. The lowest BCUT2D eigenvalue weighted by atomic mass is 10.7. The van der Waals surface area contributed by atoms with E-state index in [1.807, 2.05) is 0 Å². The van der Waals surface area contributed by atoms with Crippen molar-refractivity contribution in [1.82, 2.24) is 0 Å². The van der Waals surface area contributed by atoms with Crippen molar-refractivity contribution < 1.29 is 8.78 Å². The summed E-state index contributed by atoms with van der Waals surface area (Å²) in [6.07, 6.45) is -1.59. The maximum atomic E-state index is 11.0. The van der Waals surface area contributed by atoms with Crippen LogP contribution in [0.5, 0.6) is 0 Å². The van der Waals surface area contributed by atoms with Gasteiger partial charge in [0.25, 0.3) is 6.08 Å². The van der Waals surface area contributed by atoms with Gasteiger partial charge in [0, 0.05) is 0 Å². The van der Waals surface area contributed by atoms with Crippen LogP contribution in [0.25, 0.3) is 0 Å². The topological polar surface area (TPSA) is 0 Å². The van der Waals surface area contributed by atoms with E-state index in [9.17, 15) is 8.78 Å². The van der Waals surface area contributed by atoms with Gasteiger partial charge in [-0.05, 0) is 29.5 Å². The molecule has 0 rings (SSSR count). The summed E-state index contributed by atoms with van der Waals surface area (Å²) >= 11 is 1.56. The molecule has 0 N–H and O–H groups in total. The van der Waals surface area contributed by atoms with Crippen LogP contribution in [0.3, 0.4) is 0 Å². The summed E-state index contributed by atoms with van der Waals surface area (Å²) in [7, 11) is 0. The van der Waals surface area contributed by atoms with Gasteiger partial charge in [-0.3, -0.25) is 0 Å². The van der Waals surface area contributed by atoms with Crippen molar-refractivity contribution in [1.29, 1.82) is 0 Å². The molecule has 6 heavy (non-hydrogen) atoms. The molecule has 0 aromatic heterocycles. The van der Waals surface area contributed by atoms with Crippen molar-refractivity contribution in [2.24, 2.45) is 0 Å². The molecule has 3 heteroatoms. The summed E-state index contributed by atoms with van der Waals surface area (Å²) < 4.78 is 22.1. The molecule has 0 spiro atoms. The van der Waals surface area contributed by atoms with Gasteiger partial charge in [-0.15, -0.1) is 0 Å². The molecule has 0 bridgehead atoms. The monoisotopic (exact) mass is 204 g/mol. The van der Waals surface area contributed by atoms with Crippen molar-refractivity contribution in [2.75, 3.05) is 0 Å². The number of allylic oxidation sites excluding steroid dienone is 1. The lowest BCUT2D eigenvalue weighted by Gasteiger charge is -1.76. The van der Waals surface area contributed by atoms with E-state index in [1.165, 1.54) is 6.92 Å². The Balaban J connectivity index is 3.68. The van der Waals surface area contributed by atoms with Crippen LogP contribution in [-0.2, 0) is 0 Å². The van der Waals surface area contributed by atoms with Crippen LogP contribution in [0, 0.1) is 0 Å². The maximum absolute atomic E-state index is 11.0. The molecule has 0 unspecified atom stereocenters. The number of hydrogen-bond acceptors (Lipinski definition) is 0. The molecule has 0 saturated carbocycles. The Hall–Kier alpha value is 0.330. The first-order valence-electron chi connectivity index (χ1n) is 1.32. The third-order valence-electron chi connectivity index (χ3n) is 0.260. The van der Waals surface area contributed by atoms with E-state index in [4.69, 9.17) is 0 Å². The highest BCUT2D eigenvalue weighted by atomic mass is 127. The minimum Gasteiger partial charge on any atom is -0.173 e. The second-order valence-electron chi connectivity index (χ2n) is 0.794. The second kappa shape index (κ2) is 2.49. The molecule has 36 valence electrons. The van der Waals surface area contributed by atoms with E-state index in [-0.39, 0.29) is 3.58 Å². The first-order valence-corrected chi connectivity index (χ1v) is 2.40. The highest BCUT2D eigenvalue weighted by Crippen LogP contribution is 2.12. The van der Waals surface area contributed by atoms with Gasteiger partial charge in [0.1, 0.15) is 0 Å². The quantitative estimate of drug-likeness (QED) is 0.532. The van der Waals surface area contributed by atoms with Gasteiger partial charge < -0.3 is 0 Å². The Kier molecular flexibility index (Phi) is 2.63. The van der Waals surface area contributed by atoms with E-state index in [0.717, 1.165) is 0 Å². The molecule has 0 aliphatic heterocycles. The summed E-state index contributed by atoms with van der Waals surface area (Å²) in [4.78, 5) is 0. The maximum Gasteiger partial charge on any atom is 0.279 e. The Morgan fingerprint density at radius 1 is 1.50 bits per heavy atom. The molecular formula is C3H3F2I. The standard InChI is InChI=1S/C3H3F2I/c1-2(6)3(4)5/h1H3. The zero-order valence-electron chi connectivity index (χ0n) is 3.13. The molecule has 0 aromatic rings. The van der Waals surface area contributed by atoms with Crippen LogP contribution < -0.4 is 0 Å². The first kappa shape index (κ1) is 6.33. The fourth-order valence-electron chi connectivity index (χ4n) is 0. The van der Waals surface area contributed by atoms with Crippen LogP contribution in [0.2, 0.25) is 0 Å². The third kappa shape index (κ3) is 2.56. The van der Waals surface area contributed by atoms with Crippen LogP contribution in [-0.4, -0.2) is 0 Å². The zero-order valence-corrected chi connectivity index (χ0v) is 5.29. The van der Waals surface area contributed by atoms with Crippen LogP contribution in [0.15, 0.2) is 9.66 Å². The average Bonchev–Trinajstić information content (AvgIpc) is 1.36. The number of halogens is 3. The molecule has 0 nitrogen and oxygen atoms in total. The molecular weight excluding hydrogens is 201 g/mol. The first-order chi connectivity index (χ1) is 2.64. The zero-order chi connectivity index (χ0) is 5.15. The van der Waals surface area contributed by atoms with E-state index in [0.29, 0.717) is 0 Å². The lowest BCUT2D eigenvalue weighted by molar-refractivity contribution is 0.419. The number of rotatable bonds is 0. The normalized spacial score (nSPS) is 8.00. The fraction of sp³-hybridized carbons (Fsp3) is 0.333. The van der Waals surface area contributed by atoms with Crippen molar-refractivity contribution in [3.05, 3.63) is 9.66 Å². The van der Waals surface area contributed by atoms with Gasteiger partial charge in [-0.1, -0.05) is 0 Å². The van der Waals surface area contributed by atoms with E-state index in [2.05, 4.69) is 0 Å². The smallest absolute Gasteiger partial charge is 0.173 e. The predicted octanol–water partition coefficient (Wildman–Crippen LogP) is 2.55. The van der Waals surface area contributed by atoms with E-state index < -0.39 is 6.08 Å². The molecule has 0 radical (unpaired) electrons. The van der Waals surface area contributed by atoms with Gasteiger partial charge in [0.2, 0.25) is 0 Å². The Morgan fingerprint density at radius 3 is 1.67 bits per heavy atom. The molecule has 0 saturated heterocycles. The van der Waals surface area contributed by atoms with E-state index >= 15 is 0 Å². The van der Waals surface area contributed by atoms with Gasteiger partial charge in [0.05, 0.1) is 3.58 Å². The van der Waals surface area contributed by atoms with Crippen molar-refractivity contribution in [2.45, 2.75) is 6.92 Å².